The second kappa shape index (κ2) is 8.82. The Labute approximate surface area is 160 Å². The van der Waals surface area contributed by atoms with Crippen LogP contribution in [-0.2, 0) is 27.4 Å². The van der Waals surface area contributed by atoms with Crippen LogP contribution in [0.1, 0.15) is 36.5 Å². The minimum absolute atomic E-state index is 0.0211. The van der Waals surface area contributed by atoms with Crippen LogP contribution in [-0.4, -0.2) is 36.0 Å². The molecule has 2 aromatic rings. The van der Waals surface area contributed by atoms with E-state index in [1.807, 2.05) is 42.5 Å². The zero-order chi connectivity index (χ0) is 19.2. The molecular formula is C22H26N2O3. The fraction of sp³-hybridized carbons (Fsp3) is 0.364. The Morgan fingerprint density at radius 2 is 1.81 bits per heavy atom. The van der Waals surface area contributed by atoms with Crippen LogP contribution >= 0.6 is 0 Å². The molecule has 0 saturated carbocycles. The van der Waals surface area contributed by atoms with Gasteiger partial charge in [-0.05, 0) is 22.6 Å². The first-order valence-electron chi connectivity index (χ1n) is 9.32. The number of hydrogen-bond acceptors (Lipinski definition) is 3. The van der Waals surface area contributed by atoms with E-state index < -0.39 is 6.04 Å². The lowest BCUT2D eigenvalue weighted by molar-refractivity contribution is -0.155. The molecule has 0 spiro atoms. The molecule has 2 amide bonds. The summed E-state index contributed by atoms with van der Waals surface area (Å²) in [6, 6.07) is 17.3. The maximum atomic E-state index is 12.7. The number of amides is 2. The first-order valence-corrected chi connectivity index (χ1v) is 9.32. The normalized spacial score (nSPS) is 17.2. The van der Waals surface area contributed by atoms with E-state index in [0.29, 0.717) is 19.0 Å². The minimum atomic E-state index is -0.610. The average Bonchev–Trinajstić information content (AvgIpc) is 2.69. The predicted molar refractivity (Wildman–Crippen MR) is 104 cm³/mol. The van der Waals surface area contributed by atoms with E-state index in [2.05, 4.69) is 31.3 Å². The zero-order valence-electron chi connectivity index (χ0n) is 15.9. The Balaban J connectivity index is 1.63. The molecule has 142 valence electrons. The number of benzene rings is 2. The molecular weight excluding hydrogens is 340 g/mol. The smallest absolute Gasteiger partial charge is 0.249 e. The molecule has 1 aliphatic heterocycles. The lowest BCUT2D eigenvalue weighted by Crippen LogP contribution is -2.55. The van der Waals surface area contributed by atoms with Gasteiger partial charge in [0.15, 0.2) is 0 Å². The molecule has 1 atom stereocenters. The first kappa shape index (κ1) is 19.1. The molecule has 1 saturated heterocycles. The number of nitrogens with one attached hydrogen (secondary N) is 1. The Morgan fingerprint density at radius 1 is 1.11 bits per heavy atom. The molecule has 1 heterocycles. The van der Waals surface area contributed by atoms with Gasteiger partial charge in [0.1, 0.15) is 12.6 Å². The summed E-state index contributed by atoms with van der Waals surface area (Å²) in [6.45, 7) is 5.38. The van der Waals surface area contributed by atoms with Crippen LogP contribution < -0.4 is 5.32 Å². The lowest BCUT2D eigenvalue weighted by atomic mass is 10.0. The number of carbonyl (C=O) groups excluding carboxylic acids is 2. The highest BCUT2D eigenvalue weighted by molar-refractivity contribution is 5.89. The van der Waals surface area contributed by atoms with Crippen molar-refractivity contribution in [3.05, 3.63) is 71.3 Å². The SMILES string of the molecule is CC(C)c1ccc(CNC(=O)[C@@H]2COCC(=O)N2Cc2ccccc2)cc1. The van der Waals surface area contributed by atoms with Crippen molar-refractivity contribution in [2.75, 3.05) is 13.2 Å². The van der Waals surface area contributed by atoms with Crippen LogP contribution in [0.25, 0.3) is 0 Å². The second-order valence-electron chi connectivity index (χ2n) is 7.15. The first-order chi connectivity index (χ1) is 13.0. The molecule has 2 aromatic carbocycles. The molecule has 0 aliphatic carbocycles. The van der Waals surface area contributed by atoms with E-state index in [-0.39, 0.29) is 25.0 Å². The van der Waals surface area contributed by atoms with Crippen molar-refractivity contribution >= 4 is 11.8 Å². The Bertz CT molecular complexity index is 772. The molecule has 5 nitrogen and oxygen atoms in total. The summed E-state index contributed by atoms with van der Waals surface area (Å²) in [7, 11) is 0. The van der Waals surface area contributed by atoms with Crippen molar-refractivity contribution in [2.24, 2.45) is 0 Å². The predicted octanol–water partition coefficient (Wildman–Crippen LogP) is 2.85. The molecule has 27 heavy (non-hydrogen) atoms. The van der Waals surface area contributed by atoms with Crippen LogP contribution in [0.5, 0.6) is 0 Å². The summed E-state index contributed by atoms with van der Waals surface area (Å²) in [5.41, 5.74) is 3.30. The largest absolute Gasteiger partial charge is 0.369 e. The van der Waals surface area contributed by atoms with Gasteiger partial charge in [0, 0.05) is 13.1 Å². The molecule has 1 N–H and O–H groups in total. The Hall–Kier alpha value is -2.66. The van der Waals surface area contributed by atoms with Crippen molar-refractivity contribution in [1.82, 2.24) is 10.2 Å². The fourth-order valence-corrected chi connectivity index (χ4v) is 3.13. The quantitative estimate of drug-likeness (QED) is 0.855. The third-order valence-corrected chi connectivity index (χ3v) is 4.81. The third-order valence-electron chi connectivity index (χ3n) is 4.81. The Kier molecular flexibility index (Phi) is 6.24. The van der Waals surface area contributed by atoms with E-state index in [9.17, 15) is 9.59 Å². The van der Waals surface area contributed by atoms with Gasteiger partial charge in [-0.2, -0.15) is 0 Å². The van der Waals surface area contributed by atoms with Gasteiger partial charge < -0.3 is 15.0 Å². The van der Waals surface area contributed by atoms with Gasteiger partial charge in [-0.1, -0.05) is 68.4 Å². The van der Waals surface area contributed by atoms with Gasteiger partial charge in [0.05, 0.1) is 6.61 Å². The number of nitrogens with zero attached hydrogens (tertiary/aromatic N) is 1. The summed E-state index contributed by atoms with van der Waals surface area (Å²) in [6.07, 6.45) is 0. The monoisotopic (exact) mass is 366 g/mol. The zero-order valence-corrected chi connectivity index (χ0v) is 15.9. The van der Waals surface area contributed by atoms with Crippen LogP contribution in [0, 0.1) is 0 Å². The van der Waals surface area contributed by atoms with Gasteiger partial charge in [-0.3, -0.25) is 9.59 Å². The molecule has 0 aromatic heterocycles. The maximum absolute atomic E-state index is 12.7. The minimum Gasteiger partial charge on any atom is -0.369 e. The molecule has 1 aliphatic rings. The maximum Gasteiger partial charge on any atom is 0.249 e. The molecule has 0 radical (unpaired) electrons. The number of rotatable bonds is 6. The van der Waals surface area contributed by atoms with Gasteiger partial charge >= 0.3 is 0 Å². The lowest BCUT2D eigenvalue weighted by Gasteiger charge is -2.34. The van der Waals surface area contributed by atoms with Crippen LogP contribution in [0.15, 0.2) is 54.6 Å². The van der Waals surface area contributed by atoms with Gasteiger partial charge in [0.25, 0.3) is 0 Å². The van der Waals surface area contributed by atoms with E-state index in [0.717, 1.165) is 11.1 Å². The number of morpholine rings is 1. The summed E-state index contributed by atoms with van der Waals surface area (Å²) in [4.78, 5) is 26.6. The highest BCUT2D eigenvalue weighted by Gasteiger charge is 2.33. The number of hydrogen-bond donors (Lipinski definition) is 1. The molecule has 5 heteroatoms. The van der Waals surface area contributed by atoms with E-state index in [4.69, 9.17) is 4.74 Å². The van der Waals surface area contributed by atoms with Crippen molar-refractivity contribution in [2.45, 2.75) is 38.9 Å². The number of carbonyl (C=O) groups is 2. The van der Waals surface area contributed by atoms with Gasteiger partial charge in [-0.15, -0.1) is 0 Å². The standard InChI is InChI=1S/C22H26N2O3/c1-16(2)19-10-8-17(9-11-19)12-23-22(26)20-14-27-15-21(25)24(20)13-18-6-4-3-5-7-18/h3-11,16,20H,12-15H2,1-2H3,(H,23,26)/t20-/m0/s1. The highest BCUT2D eigenvalue weighted by atomic mass is 16.5. The van der Waals surface area contributed by atoms with E-state index in [1.54, 1.807) is 4.90 Å². The van der Waals surface area contributed by atoms with Crippen LogP contribution in [0.4, 0.5) is 0 Å². The van der Waals surface area contributed by atoms with Gasteiger partial charge in [0.2, 0.25) is 11.8 Å². The van der Waals surface area contributed by atoms with E-state index in [1.165, 1.54) is 5.56 Å². The number of ether oxygens (including phenoxy) is 1. The summed E-state index contributed by atoms with van der Waals surface area (Å²) in [5.74, 6) is 0.129. The molecule has 3 rings (SSSR count). The van der Waals surface area contributed by atoms with Crippen molar-refractivity contribution in [3.8, 4) is 0 Å². The topological polar surface area (TPSA) is 58.6 Å². The van der Waals surface area contributed by atoms with Crippen LogP contribution in [0.3, 0.4) is 0 Å². The van der Waals surface area contributed by atoms with Crippen molar-refractivity contribution < 1.29 is 14.3 Å². The van der Waals surface area contributed by atoms with E-state index >= 15 is 0 Å². The second-order valence-corrected chi connectivity index (χ2v) is 7.15. The van der Waals surface area contributed by atoms with Gasteiger partial charge in [-0.25, -0.2) is 0 Å². The molecule has 1 fully saturated rings. The third kappa shape index (κ3) is 4.95. The van der Waals surface area contributed by atoms with Crippen molar-refractivity contribution in [3.63, 3.8) is 0 Å². The summed E-state index contributed by atoms with van der Waals surface area (Å²) in [5, 5.41) is 2.94. The summed E-state index contributed by atoms with van der Waals surface area (Å²) >= 11 is 0. The molecule has 0 bridgehead atoms. The highest BCUT2D eigenvalue weighted by Crippen LogP contribution is 2.16. The van der Waals surface area contributed by atoms with Crippen LogP contribution in [0.2, 0.25) is 0 Å². The van der Waals surface area contributed by atoms with Crippen molar-refractivity contribution in [1.29, 1.82) is 0 Å². The molecule has 0 unspecified atom stereocenters. The Morgan fingerprint density at radius 3 is 2.48 bits per heavy atom. The summed E-state index contributed by atoms with van der Waals surface area (Å²) < 4.78 is 5.33. The fourth-order valence-electron chi connectivity index (χ4n) is 3.13. The average molecular weight is 366 g/mol.